The summed E-state index contributed by atoms with van der Waals surface area (Å²) in [5.74, 6) is -0.0587. The number of aryl methyl sites for hydroxylation is 1. The molecule has 1 aromatic carbocycles. The van der Waals surface area contributed by atoms with Crippen LogP contribution in [0, 0.1) is 13.8 Å². The molecule has 0 bridgehead atoms. The van der Waals surface area contributed by atoms with E-state index >= 15 is 0 Å². The number of benzene rings is 1. The lowest BCUT2D eigenvalue weighted by Crippen LogP contribution is -2.56. The summed E-state index contributed by atoms with van der Waals surface area (Å²) in [7, 11) is 0. The van der Waals surface area contributed by atoms with Gasteiger partial charge in [0.25, 0.3) is 0 Å². The summed E-state index contributed by atoms with van der Waals surface area (Å²) in [4.78, 5) is 36.1. The Balaban J connectivity index is 1.46. The number of nitrogens with one attached hydrogen (secondary N) is 4. The molecule has 1 saturated heterocycles. The highest BCUT2D eigenvalue weighted by atomic mass is 32.2. The maximum Gasteiger partial charge on any atom is 0.234 e. The van der Waals surface area contributed by atoms with Gasteiger partial charge < -0.3 is 16.0 Å². The topological polar surface area (TPSA) is 99.3 Å². The van der Waals surface area contributed by atoms with Crippen LogP contribution in [0.1, 0.15) is 36.8 Å². The molecule has 2 fully saturated rings. The monoisotopic (exact) mass is 390 g/mol. The van der Waals surface area contributed by atoms with Crippen LogP contribution < -0.4 is 21.3 Å². The number of anilines is 1. The summed E-state index contributed by atoms with van der Waals surface area (Å²) in [6, 6.07) is 5.89. The van der Waals surface area contributed by atoms with Gasteiger partial charge in [0.05, 0.1) is 5.75 Å². The zero-order valence-electron chi connectivity index (χ0n) is 15.6. The van der Waals surface area contributed by atoms with E-state index in [1.807, 2.05) is 32.0 Å². The minimum absolute atomic E-state index is 0.0267. The Hall–Kier alpha value is -2.06. The van der Waals surface area contributed by atoms with E-state index in [9.17, 15) is 14.4 Å². The van der Waals surface area contributed by atoms with Crippen molar-refractivity contribution in [2.45, 2.75) is 57.1 Å². The summed E-state index contributed by atoms with van der Waals surface area (Å²) in [6.45, 7) is 3.97. The van der Waals surface area contributed by atoms with Crippen LogP contribution in [0.25, 0.3) is 0 Å². The molecule has 1 aromatic rings. The largest absolute Gasteiger partial charge is 0.353 e. The van der Waals surface area contributed by atoms with Gasteiger partial charge >= 0.3 is 0 Å². The van der Waals surface area contributed by atoms with E-state index in [0.717, 1.165) is 29.7 Å². The highest BCUT2D eigenvalue weighted by molar-refractivity contribution is 8.00. The molecule has 1 heterocycles. The minimum Gasteiger partial charge on any atom is -0.353 e. The van der Waals surface area contributed by atoms with Crippen LogP contribution in [-0.2, 0) is 14.4 Å². The number of carbonyl (C=O) groups excluding carboxylic acids is 3. The molecule has 0 aromatic heterocycles. The van der Waals surface area contributed by atoms with Crippen LogP contribution in [0.2, 0.25) is 0 Å². The first-order chi connectivity index (χ1) is 12.9. The lowest BCUT2D eigenvalue weighted by molar-refractivity contribution is -0.125. The number of carbonyl (C=O) groups is 3. The summed E-state index contributed by atoms with van der Waals surface area (Å²) in [6.07, 6.45) is 2.62. The van der Waals surface area contributed by atoms with E-state index < -0.39 is 0 Å². The molecule has 0 radical (unpaired) electrons. The maximum absolute atomic E-state index is 12.3. The van der Waals surface area contributed by atoms with Gasteiger partial charge in [-0.25, -0.2) is 0 Å². The predicted octanol–water partition coefficient (Wildman–Crippen LogP) is 1.41. The van der Waals surface area contributed by atoms with Gasteiger partial charge in [0.1, 0.15) is 5.50 Å². The predicted molar refractivity (Wildman–Crippen MR) is 106 cm³/mol. The zero-order chi connectivity index (χ0) is 19.4. The molecule has 8 heteroatoms. The summed E-state index contributed by atoms with van der Waals surface area (Å²) < 4.78 is 0. The smallest absolute Gasteiger partial charge is 0.234 e. The van der Waals surface area contributed by atoms with Crippen LogP contribution in [0.5, 0.6) is 0 Å². The molecular weight excluding hydrogens is 364 g/mol. The Labute approximate surface area is 163 Å². The molecule has 1 aliphatic heterocycles. The molecule has 146 valence electrons. The first kappa shape index (κ1) is 19.7. The third kappa shape index (κ3) is 5.97. The number of amides is 3. The van der Waals surface area contributed by atoms with Gasteiger partial charge in [-0.2, -0.15) is 0 Å². The van der Waals surface area contributed by atoms with Crippen LogP contribution in [0.15, 0.2) is 18.2 Å². The van der Waals surface area contributed by atoms with Gasteiger partial charge in [-0.05, 0) is 43.9 Å². The molecule has 2 atom stereocenters. The Bertz CT molecular complexity index is 736. The Morgan fingerprint density at radius 1 is 1.22 bits per heavy atom. The van der Waals surface area contributed by atoms with E-state index in [2.05, 4.69) is 21.3 Å². The third-order valence-electron chi connectivity index (χ3n) is 4.75. The second-order valence-electron chi connectivity index (χ2n) is 7.17. The Morgan fingerprint density at radius 3 is 2.74 bits per heavy atom. The van der Waals surface area contributed by atoms with Gasteiger partial charge in [0, 0.05) is 30.6 Å². The third-order valence-corrected chi connectivity index (χ3v) is 5.76. The summed E-state index contributed by atoms with van der Waals surface area (Å²) >= 11 is 1.31. The van der Waals surface area contributed by atoms with E-state index in [1.54, 1.807) is 0 Å². The lowest BCUT2D eigenvalue weighted by atomic mass is 10.1. The lowest BCUT2D eigenvalue weighted by Gasteiger charge is -2.30. The standard InChI is InChI=1S/C19H26N4O3S/c1-11-4-3-5-15(12(11)2)22-18(26)10-27-19-21-14(9-17(25)23-19)8-16(24)20-13-6-7-13/h3-5,13-14,19,21H,6-10H2,1-2H3,(H,20,24)(H,22,26)(H,23,25). The summed E-state index contributed by atoms with van der Waals surface area (Å²) in [5.41, 5.74) is 2.58. The molecular formula is C19H26N4O3S. The second-order valence-corrected chi connectivity index (χ2v) is 8.26. The van der Waals surface area contributed by atoms with Crippen molar-refractivity contribution < 1.29 is 14.4 Å². The van der Waals surface area contributed by atoms with Crippen molar-refractivity contribution in [2.75, 3.05) is 11.1 Å². The Morgan fingerprint density at radius 2 is 2.00 bits per heavy atom. The van der Waals surface area contributed by atoms with Crippen LogP contribution >= 0.6 is 11.8 Å². The van der Waals surface area contributed by atoms with E-state index in [1.165, 1.54) is 11.8 Å². The van der Waals surface area contributed by atoms with Crippen molar-refractivity contribution in [1.29, 1.82) is 0 Å². The van der Waals surface area contributed by atoms with Crippen LogP contribution in [-0.4, -0.2) is 41.1 Å². The van der Waals surface area contributed by atoms with E-state index in [4.69, 9.17) is 0 Å². The van der Waals surface area contributed by atoms with Crippen LogP contribution in [0.4, 0.5) is 5.69 Å². The minimum atomic E-state index is -0.380. The molecule has 7 nitrogen and oxygen atoms in total. The molecule has 1 aliphatic carbocycles. The number of thioether (sulfide) groups is 1. The highest BCUT2D eigenvalue weighted by Gasteiger charge is 2.30. The van der Waals surface area contributed by atoms with Crippen molar-refractivity contribution >= 4 is 35.2 Å². The van der Waals surface area contributed by atoms with E-state index in [0.29, 0.717) is 6.04 Å². The van der Waals surface area contributed by atoms with Crippen molar-refractivity contribution in [3.8, 4) is 0 Å². The van der Waals surface area contributed by atoms with E-state index in [-0.39, 0.29) is 47.9 Å². The normalized spacial score (nSPS) is 22.1. The Kier molecular flexibility index (Phi) is 6.38. The number of rotatable bonds is 7. The highest BCUT2D eigenvalue weighted by Crippen LogP contribution is 2.21. The first-order valence-corrected chi connectivity index (χ1v) is 10.3. The van der Waals surface area contributed by atoms with Crippen molar-refractivity contribution in [2.24, 2.45) is 0 Å². The molecule has 27 heavy (non-hydrogen) atoms. The summed E-state index contributed by atoms with van der Waals surface area (Å²) in [5, 5.41) is 11.9. The SMILES string of the molecule is Cc1cccc(NC(=O)CSC2NC(=O)CC(CC(=O)NC3CC3)N2)c1C. The van der Waals surface area contributed by atoms with Gasteiger partial charge in [-0.1, -0.05) is 12.1 Å². The fraction of sp³-hybridized carbons (Fsp3) is 0.526. The van der Waals surface area contributed by atoms with Gasteiger partial charge in [-0.3, -0.25) is 19.7 Å². The van der Waals surface area contributed by atoms with Crippen molar-refractivity contribution in [1.82, 2.24) is 16.0 Å². The van der Waals surface area contributed by atoms with Gasteiger partial charge in [-0.15, -0.1) is 11.8 Å². The van der Waals surface area contributed by atoms with Crippen molar-refractivity contribution in [3.05, 3.63) is 29.3 Å². The zero-order valence-corrected chi connectivity index (χ0v) is 16.4. The average Bonchev–Trinajstić information content (AvgIpc) is 3.40. The molecule has 4 N–H and O–H groups in total. The molecule has 2 aliphatic rings. The maximum atomic E-state index is 12.3. The average molecular weight is 391 g/mol. The molecule has 2 unspecified atom stereocenters. The first-order valence-electron chi connectivity index (χ1n) is 9.23. The van der Waals surface area contributed by atoms with Gasteiger partial charge in [0.2, 0.25) is 17.7 Å². The molecule has 3 amide bonds. The molecule has 1 saturated carbocycles. The van der Waals surface area contributed by atoms with Crippen molar-refractivity contribution in [3.63, 3.8) is 0 Å². The van der Waals surface area contributed by atoms with Crippen LogP contribution in [0.3, 0.4) is 0 Å². The molecule has 3 rings (SSSR count). The quantitative estimate of drug-likeness (QED) is 0.564. The molecule has 0 spiro atoms. The fourth-order valence-corrected chi connectivity index (χ4v) is 3.83. The number of hydrogen-bond acceptors (Lipinski definition) is 5. The van der Waals surface area contributed by atoms with Gasteiger partial charge in [0.15, 0.2) is 0 Å². The number of hydrogen-bond donors (Lipinski definition) is 4. The second kappa shape index (κ2) is 8.75. The fourth-order valence-electron chi connectivity index (χ4n) is 2.93.